The molecule has 3 N–H and O–H groups in total. The fourth-order valence-electron chi connectivity index (χ4n) is 1.73. The molecule has 4 heteroatoms. The summed E-state index contributed by atoms with van der Waals surface area (Å²) in [5.74, 6) is -0.301. The third-order valence-electron chi connectivity index (χ3n) is 3.35. The Labute approximate surface area is 114 Å². The van der Waals surface area contributed by atoms with Crippen LogP contribution in [0.3, 0.4) is 0 Å². The zero-order valence-electron chi connectivity index (χ0n) is 12.0. The molecule has 1 atom stereocenters. The molecule has 3 nitrogen and oxygen atoms in total. The van der Waals surface area contributed by atoms with E-state index in [-0.39, 0.29) is 23.1 Å². The molecule has 0 spiro atoms. The highest BCUT2D eigenvalue weighted by molar-refractivity contribution is 5.81. The summed E-state index contributed by atoms with van der Waals surface area (Å²) in [5, 5.41) is 2.86. The molecular formula is C15H23FN2O. The Morgan fingerprint density at radius 2 is 1.84 bits per heavy atom. The minimum Gasteiger partial charge on any atom is -0.354 e. The van der Waals surface area contributed by atoms with Crippen LogP contribution in [0, 0.1) is 11.7 Å². The normalized spacial score (nSPS) is 13.4. The Morgan fingerprint density at radius 3 is 2.32 bits per heavy atom. The van der Waals surface area contributed by atoms with Gasteiger partial charge in [-0.25, -0.2) is 4.39 Å². The molecule has 0 aliphatic heterocycles. The number of nitrogens with two attached hydrogens (primary N) is 1. The molecule has 0 radical (unpaired) electrons. The van der Waals surface area contributed by atoms with Gasteiger partial charge in [-0.1, -0.05) is 39.8 Å². The van der Waals surface area contributed by atoms with Gasteiger partial charge in [-0.05, 0) is 23.6 Å². The summed E-state index contributed by atoms with van der Waals surface area (Å²) in [6.45, 7) is 8.30. The Bertz CT molecular complexity index is 426. The van der Waals surface area contributed by atoms with Gasteiger partial charge in [0.2, 0.25) is 5.91 Å². The highest BCUT2D eigenvalue weighted by Gasteiger charge is 2.24. The second-order valence-corrected chi connectivity index (χ2v) is 5.88. The first-order valence-corrected chi connectivity index (χ1v) is 6.53. The number of carbonyl (C=O) groups is 1. The maximum Gasteiger partial charge on any atom is 0.237 e. The molecule has 1 aromatic carbocycles. The van der Waals surface area contributed by atoms with E-state index in [0.717, 1.165) is 5.56 Å². The number of hydrogen-bond acceptors (Lipinski definition) is 2. The predicted octanol–water partition coefficient (Wildman–Crippen LogP) is 2.20. The van der Waals surface area contributed by atoms with E-state index in [2.05, 4.69) is 5.32 Å². The van der Waals surface area contributed by atoms with Gasteiger partial charge in [-0.3, -0.25) is 4.79 Å². The topological polar surface area (TPSA) is 55.1 Å². The second-order valence-electron chi connectivity index (χ2n) is 5.88. The summed E-state index contributed by atoms with van der Waals surface area (Å²) in [4.78, 5) is 11.8. The molecule has 0 fully saturated rings. The van der Waals surface area contributed by atoms with Crippen molar-refractivity contribution >= 4 is 5.91 Å². The molecule has 0 bridgehead atoms. The molecule has 0 aliphatic rings. The van der Waals surface area contributed by atoms with E-state index in [9.17, 15) is 9.18 Å². The summed E-state index contributed by atoms with van der Waals surface area (Å²) in [6, 6.07) is 5.84. The maximum atomic E-state index is 12.9. The van der Waals surface area contributed by atoms with Crippen molar-refractivity contribution in [2.75, 3.05) is 6.54 Å². The molecule has 1 amide bonds. The molecule has 0 aliphatic carbocycles. The smallest absolute Gasteiger partial charge is 0.237 e. The lowest BCUT2D eigenvalue weighted by atomic mass is 9.84. The third kappa shape index (κ3) is 4.31. The number of benzene rings is 1. The SMILES string of the molecule is CC(C)[C@H](N)C(=O)NCC(C)(C)c1ccc(F)cc1. The van der Waals surface area contributed by atoms with Gasteiger partial charge in [0.25, 0.3) is 0 Å². The van der Waals surface area contributed by atoms with Gasteiger partial charge in [0.15, 0.2) is 0 Å². The van der Waals surface area contributed by atoms with Gasteiger partial charge < -0.3 is 11.1 Å². The lowest BCUT2D eigenvalue weighted by Gasteiger charge is -2.27. The molecule has 0 aromatic heterocycles. The average molecular weight is 266 g/mol. The van der Waals surface area contributed by atoms with Crippen molar-refractivity contribution in [3.63, 3.8) is 0 Å². The number of halogens is 1. The molecule has 106 valence electrons. The van der Waals surface area contributed by atoms with Crippen molar-refractivity contribution in [2.45, 2.75) is 39.2 Å². The summed E-state index contributed by atoms with van der Waals surface area (Å²) in [7, 11) is 0. The van der Waals surface area contributed by atoms with Crippen LogP contribution in [-0.2, 0) is 10.2 Å². The van der Waals surface area contributed by atoms with E-state index in [1.54, 1.807) is 12.1 Å². The van der Waals surface area contributed by atoms with Gasteiger partial charge in [-0.2, -0.15) is 0 Å². The molecule has 0 heterocycles. The molecule has 1 rings (SSSR count). The van der Waals surface area contributed by atoms with Crippen LogP contribution in [0.5, 0.6) is 0 Å². The molecule has 0 unspecified atom stereocenters. The van der Waals surface area contributed by atoms with Crippen molar-refractivity contribution in [3.8, 4) is 0 Å². The summed E-state index contributed by atoms with van der Waals surface area (Å²) in [6.07, 6.45) is 0. The van der Waals surface area contributed by atoms with Crippen molar-refractivity contribution in [1.29, 1.82) is 0 Å². The van der Waals surface area contributed by atoms with E-state index in [1.165, 1.54) is 12.1 Å². The van der Waals surface area contributed by atoms with Gasteiger partial charge in [0, 0.05) is 12.0 Å². The van der Waals surface area contributed by atoms with Gasteiger partial charge in [-0.15, -0.1) is 0 Å². The zero-order valence-corrected chi connectivity index (χ0v) is 12.0. The lowest BCUT2D eigenvalue weighted by Crippen LogP contribution is -2.47. The Morgan fingerprint density at radius 1 is 1.32 bits per heavy atom. The largest absolute Gasteiger partial charge is 0.354 e. The number of carbonyl (C=O) groups excluding carboxylic acids is 1. The monoisotopic (exact) mass is 266 g/mol. The Balaban J connectivity index is 2.65. The first kappa shape index (κ1) is 15.6. The zero-order chi connectivity index (χ0) is 14.6. The van der Waals surface area contributed by atoms with Crippen LogP contribution < -0.4 is 11.1 Å². The van der Waals surface area contributed by atoms with Crippen LogP contribution in [0.15, 0.2) is 24.3 Å². The van der Waals surface area contributed by atoms with Crippen LogP contribution in [0.2, 0.25) is 0 Å². The minimum absolute atomic E-state index is 0.105. The molecule has 1 aromatic rings. The lowest BCUT2D eigenvalue weighted by molar-refractivity contribution is -0.123. The first-order valence-electron chi connectivity index (χ1n) is 6.53. The van der Waals surface area contributed by atoms with Gasteiger partial charge in [0.05, 0.1) is 6.04 Å². The minimum atomic E-state index is -0.496. The number of rotatable bonds is 5. The van der Waals surface area contributed by atoms with E-state index in [1.807, 2.05) is 27.7 Å². The number of amides is 1. The third-order valence-corrected chi connectivity index (χ3v) is 3.35. The van der Waals surface area contributed by atoms with Crippen LogP contribution >= 0.6 is 0 Å². The average Bonchev–Trinajstić information content (AvgIpc) is 2.35. The summed E-state index contributed by atoms with van der Waals surface area (Å²) < 4.78 is 12.9. The molecule has 19 heavy (non-hydrogen) atoms. The molecular weight excluding hydrogens is 243 g/mol. The van der Waals surface area contributed by atoms with Crippen molar-refractivity contribution in [1.82, 2.24) is 5.32 Å². The van der Waals surface area contributed by atoms with E-state index < -0.39 is 6.04 Å². The van der Waals surface area contributed by atoms with Crippen LogP contribution in [-0.4, -0.2) is 18.5 Å². The Hall–Kier alpha value is -1.42. The number of hydrogen-bond donors (Lipinski definition) is 2. The fourth-order valence-corrected chi connectivity index (χ4v) is 1.73. The predicted molar refractivity (Wildman–Crippen MR) is 75.2 cm³/mol. The first-order chi connectivity index (χ1) is 8.74. The highest BCUT2D eigenvalue weighted by Crippen LogP contribution is 2.22. The van der Waals surface area contributed by atoms with Crippen LogP contribution in [0.1, 0.15) is 33.3 Å². The maximum absolute atomic E-state index is 12.9. The number of nitrogens with one attached hydrogen (secondary N) is 1. The van der Waals surface area contributed by atoms with Gasteiger partial charge >= 0.3 is 0 Å². The quantitative estimate of drug-likeness (QED) is 0.858. The van der Waals surface area contributed by atoms with E-state index in [0.29, 0.717) is 6.54 Å². The molecule has 0 saturated carbocycles. The van der Waals surface area contributed by atoms with Crippen molar-refractivity contribution in [2.24, 2.45) is 11.7 Å². The van der Waals surface area contributed by atoms with Crippen LogP contribution in [0.25, 0.3) is 0 Å². The standard InChI is InChI=1S/C15H23FN2O/c1-10(2)13(17)14(19)18-9-15(3,4)11-5-7-12(16)8-6-11/h5-8,10,13H,9,17H2,1-4H3,(H,18,19)/t13-/m0/s1. The summed E-state index contributed by atoms with van der Waals surface area (Å²) >= 11 is 0. The van der Waals surface area contributed by atoms with Gasteiger partial charge in [0.1, 0.15) is 5.82 Å². The van der Waals surface area contributed by atoms with Crippen molar-refractivity contribution < 1.29 is 9.18 Å². The van der Waals surface area contributed by atoms with E-state index in [4.69, 9.17) is 5.73 Å². The van der Waals surface area contributed by atoms with Crippen LogP contribution in [0.4, 0.5) is 4.39 Å². The van der Waals surface area contributed by atoms with Crippen molar-refractivity contribution in [3.05, 3.63) is 35.6 Å². The highest BCUT2D eigenvalue weighted by atomic mass is 19.1. The Kier molecular flexibility index (Phi) is 5.06. The van der Waals surface area contributed by atoms with E-state index >= 15 is 0 Å². The summed E-state index contributed by atoms with van der Waals surface area (Å²) in [5.41, 5.74) is 6.50. The molecule has 0 saturated heterocycles. The second kappa shape index (κ2) is 6.15. The fraction of sp³-hybridized carbons (Fsp3) is 0.533.